The Morgan fingerprint density at radius 1 is 1.08 bits per heavy atom. The van der Waals surface area contributed by atoms with Gasteiger partial charge in [0.15, 0.2) is 0 Å². The minimum Gasteiger partial charge on any atom is -0.268 e. The number of halogens is 1. The van der Waals surface area contributed by atoms with Crippen molar-refractivity contribution in [2.24, 2.45) is 7.05 Å². The molecule has 2 aromatic carbocycles. The van der Waals surface area contributed by atoms with E-state index in [9.17, 15) is 4.79 Å². The largest absolute Gasteiger partial charge is 0.268 e. The van der Waals surface area contributed by atoms with E-state index < -0.39 is 0 Å². The Labute approximate surface area is 157 Å². The second kappa shape index (κ2) is 7.89. The van der Waals surface area contributed by atoms with E-state index in [1.807, 2.05) is 67.6 Å². The molecule has 5 nitrogen and oxygen atoms in total. The number of aryl methyl sites for hydroxylation is 2. The van der Waals surface area contributed by atoms with Crippen LogP contribution >= 0.6 is 11.6 Å². The molecule has 0 bridgehead atoms. The number of benzene rings is 2. The molecule has 0 radical (unpaired) electrons. The maximum absolute atomic E-state index is 12.5. The predicted molar refractivity (Wildman–Crippen MR) is 105 cm³/mol. The van der Waals surface area contributed by atoms with E-state index in [0.717, 1.165) is 22.6 Å². The van der Waals surface area contributed by atoms with Gasteiger partial charge in [-0.05, 0) is 37.3 Å². The van der Waals surface area contributed by atoms with Crippen LogP contribution in [0.4, 0.5) is 11.4 Å². The standard InChI is InChI=1S/C20H19ClN4O/c1-15-18(20(21)24(2)22-15)13-14-19(26)23-25(16-9-5-3-6-10-16)17-11-7-4-8-12-17/h3-14H,1-2H3,(H,23,26)/b14-13+. The van der Waals surface area contributed by atoms with Gasteiger partial charge in [-0.2, -0.15) is 5.10 Å². The van der Waals surface area contributed by atoms with Gasteiger partial charge in [-0.1, -0.05) is 48.0 Å². The average molecular weight is 367 g/mol. The van der Waals surface area contributed by atoms with E-state index in [2.05, 4.69) is 10.5 Å². The summed E-state index contributed by atoms with van der Waals surface area (Å²) in [6.45, 7) is 1.85. The van der Waals surface area contributed by atoms with Crippen molar-refractivity contribution in [3.63, 3.8) is 0 Å². The van der Waals surface area contributed by atoms with Gasteiger partial charge < -0.3 is 0 Å². The van der Waals surface area contributed by atoms with Crippen LogP contribution in [0.25, 0.3) is 6.08 Å². The molecule has 1 heterocycles. The molecule has 1 N–H and O–H groups in total. The molecule has 1 amide bonds. The van der Waals surface area contributed by atoms with Crippen LogP contribution in [0, 0.1) is 6.92 Å². The molecule has 0 aliphatic rings. The molecular weight excluding hydrogens is 348 g/mol. The van der Waals surface area contributed by atoms with E-state index in [-0.39, 0.29) is 5.91 Å². The van der Waals surface area contributed by atoms with Crippen LogP contribution in [0.3, 0.4) is 0 Å². The number of aromatic nitrogens is 2. The molecule has 0 spiro atoms. The molecule has 6 heteroatoms. The highest BCUT2D eigenvalue weighted by molar-refractivity contribution is 6.31. The van der Waals surface area contributed by atoms with Gasteiger partial charge >= 0.3 is 0 Å². The highest BCUT2D eigenvalue weighted by atomic mass is 35.5. The maximum Gasteiger partial charge on any atom is 0.262 e. The lowest BCUT2D eigenvalue weighted by atomic mass is 10.2. The Balaban J connectivity index is 1.83. The SMILES string of the molecule is Cc1nn(C)c(Cl)c1/C=C/C(=O)NN(c1ccccc1)c1ccccc1. The van der Waals surface area contributed by atoms with Crippen molar-refractivity contribution in [1.82, 2.24) is 15.2 Å². The lowest BCUT2D eigenvalue weighted by molar-refractivity contribution is -0.116. The number of nitrogens with one attached hydrogen (secondary N) is 1. The average Bonchev–Trinajstić information content (AvgIpc) is 2.91. The summed E-state index contributed by atoms with van der Waals surface area (Å²) in [5.41, 5.74) is 6.12. The van der Waals surface area contributed by atoms with Crippen molar-refractivity contribution in [2.75, 3.05) is 5.01 Å². The molecule has 0 atom stereocenters. The molecular formula is C20H19ClN4O. The van der Waals surface area contributed by atoms with Crippen molar-refractivity contribution >= 4 is 35.0 Å². The van der Waals surface area contributed by atoms with E-state index in [1.54, 1.807) is 22.8 Å². The van der Waals surface area contributed by atoms with E-state index in [4.69, 9.17) is 11.6 Å². The molecule has 0 saturated carbocycles. The minimum absolute atomic E-state index is 0.267. The van der Waals surface area contributed by atoms with Gasteiger partial charge in [0.25, 0.3) is 5.91 Å². The third kappa shape index (κ3) is 3.95. The fourth-order valence-electron chi connectivity index (χ4n) is 2.57. The summed E-state index contributed by atoms with van der Waals surface area (Å²) in [5.74, 6) is -0.267. The second-order valence-electron chi connectivity index (χ2n) is 5.73. The summed E-state index contributed by atoms with van der Waals surface area (Å²) in [5, 5.41) is 6.47. The molecule has 132 valence electrons. The zero-order valence-electron chi connectivity index (χ0n) is 14.6. The molecule has 0 unspecified atom stereocenters. The van der Waals surface area contributed by atoms with Crippen molar-refractivity contribution in [3.8, 4) is 0 Å². The highest BCUT2D eigenvalue weighted by Gasteiger charge is 2.12. The summed E-state index contributed by atoms with van der Waals surface area (Å²) in [6.07, 6.45) is 3.13. The molecule has 1 aromatic heterocycles. The number of carbonyl (C=O) groups excluding carboxylic acids is 1. The van der Waals surface area contributed by atoms with Crippen LogP contribution in [0.1, 0.15) is 11.3 Å². The van der Waals surface area contributed by atoms with E-state index >= 15 is 0 Å². The monoisotopic (exact) mass is 366 g/mol. The van der Waals surface area contributed by atoms with Gasteiger partial charge in [0.2, 0.25) is 0 Å². The first-order valence-electron chi connectivity index (χ1n) is 8.14. The number of hydrogen-bond acceptors (Lipinski definition) is 3. The summed E-state index contributed by atoms with van der Waals surface area (Å²) in [6, 6.07) is 19.3. The summed E-state index contributed by atoms with van der Waals surface area (Å²) < 4.78 is 1.58. The zero-order chi connectivity index (χ0) is 18.5. The Kier molecular flexibility index (Phi) is 5.39. The molecule has 0 aliphatic heterocycles. The topological polar surface area (TPSA) is 50.2 Å². The predicted octanol–water partition coefficient (Wildman–Crippen LogP) is 4.26. The van der Waals surface area contributed by atoms with Gasteiger partial charge in [0.05, 0.1) is 17.1 Å². The van der Waals surface area contributed by atoms with Crippen molar-refractivity contribution < 1.29 is 4.79 Å². The first-order chi connectivity index (χ1) is 12.6. The Morgan fingerprint density at radius 2 is 1.62 bits per heavy atom. The van der Waals surface area contributed by atoms with Crippen LogP contribution in [-0.4, -0.2) is 15.7 Å². The van der Waals surface area contributed by atoms with Gasteiger partial charge in [0, 0.05) is 18.7 Å². The summed E-state index contributed by atoms with van der Waals surface area (Å²) in [4.78, 5) is 12.5. The first-order valence-corrected chi connectivity index (χ1v) is 8.52. The quantitative estimate of drug-likeness (QED) is 0.542. The number of para-hydroxylation sites is 2. The highest BCUT2D eigenvalue weighted by Crippen LogP contribution is 2.23. The third-order valence-electron chi connectivity index (χ3n) is 3.85. The molecule has 0 saturated heterocycles. The Bertz CT molecular complexity index is 880. The summed E-state index contributed by atoms with van der Waals surface area (Å²) >= 11 is 6.20. The van der Waals surface area contributed by atoms with Crippen LogP contribution in [0.5, 0.6) is 0 Å². The fourth-order valence-corrected chi connectivity index (χ4v) is 2.81. The Hall–Kier alpha value is -3.05. The first kappa shape index (κ1) is 17.8. The van der Waals surface area contributed by atoms with Crippen LogP contribution < -0.4 is 10.4 Å². The maximum atomic E-state index is 12.5. The smallest absolute Gasteiger partial charge is 0.262 e. The number of anilines is 2. The van der Waals surface area contributed by atoms with Gasteiger partial charge in [0.1, 0.15) is 5.15 Å². The normalized spacial score (nSPS) is 10.9. The lowest BCUT2D eigenvalue weighted by Crippen LogP contribution is -2.37. The van der Waals surface area contributed by atoms with Gasteiger partial charge in [-0.25, -0.2) is 0 Å². The summed E-state index contributed by atoms with van der Waals surface area (Å²) in [7, 11) is 1.76. The molecule has 0 fully saturated rings. The van der Waals surface area contributed by atoms with Crippen LogP contribution in [0.15, 0.2) is 66.7 Å². The van der Waals surface area contributed by atoms with Crippen molar-refractivity contribution in [2.45, 2.75) is 6.92 Å². The lowest BCUT2D eigenvalue weighted by Gasteiger charge is -2.24. The fraction of sp³-hybridized carbons (Fsp3) is 0.100. The van der Waals surface area contributed by atoms with Crippen LogP contribution in [0.2, 0.25) is 5.15 Å². The van der Waals surface area contributed by atoms with Gasteiger partial charge in [-0.15, -0.1) is 0 Å². The number of hydrogen-bond donors (Lipinski definition) is 1. The minimum atomic E-state index is -0.267. The number of amides is 1. The number of rotatable bonds is 5. The molecule has 0 aliphatic carbocycles. The van der Waals surface area contributed by atoms with Gasteiger partial charge in [-0.3, -0.25) is 19.9 Å². The van der Waals surface area contributed by atoms with E-state index in [0.29, 0.717) is 5.15 Å². The zero-order valence-corrected chi connectivity index (χ0v) is 15.3. The van der Waals surface area contributed by atoms with Crippen molar-refractivity contribution in [1.29, 1.82) is 0 Å². The molecule has 3 aromatic rings. The van der Waals surface area contributed by atoms with E-state index in [1.165, 1.54) is 6.08 Å². The third-order valence-corrected chi connectivity index (χ3v) is 4.30. The Morgan fingerprint density at radius 3 is 2.08 bits per heavy atom. The molecule has 26 heavy (non-hydrogen) atoms. The second-order valence-corrected chi connectivity index (χ2v) is 6.09. The van der Waals surface area contributed by atoms with Crippen LogP contribution in [-0.2, 0) is 11.8 Å². The van der Waals surface area contributed by atoms with Crippen molar-refractivity contribution in [3.05, 3.63) is 83.2 Å². The molecule has 3 rings (SSSR count). The number of nitrogens with zero attached hydrogens (tertiary/aromatic N) is 3. The number of carbonyl (C=O) groups is 1. The number of hydrazine groups is 1.